The Bertz CT molecular complexity index is 3130. The number of hydrogen-bond acceptors (Lipinski definition) is 14. The van der Waals surface area contributed by atoms with Crippen molar-refractivity contribution in [3.63, 3.8) is 0 Å². The van der Waals surface area contributed by atoms with Crippen molar-refractivity contribution in [3.8, 4) is 0 Å². The van der Waals surface area contributed by atoms with Crippen LogP contribution >= 0.6 is 0 Å². The Balaban J connectivity index is 1.90. The van der Waals surface area contributed by atoms with E-state index in [2.05, 4.69) is 21.3 Å². The molecule has 13 amide bonds. The van der Waals surface area contributed by atoms with Crippen LogP contribution in [0.25, 0.3) is 0 Å². The van der Waals surface area contributed by atoms with Crippen molar-refractivity contribution in [1.82, 2.24) is 65.4 Å². The van der Waals surface area contributed by atoms with Gasteiger partial charge in [0.15, 0.2) is 0 Å². The molecule has 27 heteroatoms. The minimum Gasteiger partial charge on any atom is -0.391 e. The van der Waals surface area contributed by atoms with Gasteiger partial charge in [-0.2, -0.15) is 0 Å². The van der Waals surface area contributed by atoms with Crippen LogP contribution in [0.2, 0.25) is 0 Å². The summed E-state index contributed by atoms with van der Waals surface area (Å²) in [6, 6.07) is 4.37. The Hall–Kier alpha value is -8.49. The first-order valence-electron chi connectivity index (χ1n) is 34.7. The van der Waals surface area contributed by atoms with Gasteiger partial charge in [-0.1, -0.05) is 122 Å². The van der Waals surface area contributed by atoms with E-state index in [1.54, 1.807) is 86.3 Å². The fourth-order valence-electron chi connectivity index (χ4n) is 12.6. The predicted octanol–water partition coefficient (Wildman–Crippen LogP) is 1.92. The summed E-state index contributed by atoms with van der Waals surface area (Å²) in [5, 5.41) is 22.0. The summed E-state index contributed by atoms with van der Waals surface area (Å²) in [6.07, 6.45) is 0.459. The summed E-state index contributed by atoms with van der Waals surface area (Å²) in [7, 11) is 11.0. The quantitative estimate of drug-likeness (QED) is 0.192. The summed E-state index contributed by atoms with van der Waals surface area (Å²) < 4.78 is 0. The number of amides is 13. The number of nitrogens with one attached hydrogen (secondary N) is 4. The first-order valence-corrected chi connectivity index (χ1v) is 34.7. The average Bonchev–Trinajstić information content (AvgIpc) is 0.823. The minimum absolute atomic E-state index is 0.0259. The molecule has 2 aromatic carbocycles. The van der Waals surface area contributed by atoms with Gasteiger partial charge in [0.2, 0.25) is 76.8 Å². The Morgan fingerprint density at radius 1 is 0.495 bits per heavy atom. The molecule has 0 saturated carbocycles. The second-order valence-electron chi connectivity index (χ2n) is 28.3. The third kappa shape index (κ3) is 22.8. The van der Waals surface area contributed by atoms with Gasteiger partial charge in [-0.15, -0.1) is 0 Å². The molecule has 99 heavy (non-hydrogen) atoms. The second kappa shape index (κ2) is 38.2. The largest absolute Gasteiger partial charge is 0.391 e. The third-order valence-electron chi connectivity index (χ3n) is 19.1. The first-order chi connectivity index (χ1) is 46.4. The van der Waals surface area contributed by atoms with Crippen LogP contribution in [0.3, 0.4) is 0 Å². The highest BCUT2D eigenvalue weighted by atomic mass is 16.3. The Labute approximate surface area is 585 Å². The van der Waals surface area contributed by atoms with E-state index in [4.69, 9.17) is 0 Å². The second-order valence-corrected chi connectivity index (χ2v) is 28.3. The lowest BCUT2D eigenvalue weighted by Crippen LogP contribution is -2.61. The highest BCUT2D eigenvalue weighted by molar-refractivity contribution is 6.00. The van der Waals surface area contributed by atoms with Crippen molar-refractivity contribution in [2.75, 3.05) is 82.6 Å². The number of carbonyl (C=O) groups is 13. The maximum absolute atomic E-state index is 15.2. The van der Waals surface area contributed by atoms with Gasteiger partial charge in [-0.25, -0.2) is 0 Å². The monoisotopic (exact) mass is 1380 g/mol. The van der Waals surface area contributed by atoms with E-state index < -0.39 is 175 Å². The van der Waals surface area contributed by atoms with E-state index in [0.29, 0.717) is 43.5 Å². The molecule has 12 atom stereocenters. The number of benzene rings is 2. The Morgan fingerprint density at radius 3 is 1.52 bits per heavy atom. The molecule has 2 unspecified atom stereocenters. The van der Waals surface area contributed by atoms with E-state index in [-0.39, 0.29) is 37.5 Å². The van der Waals surface area contributed by atoms with Crippen molar-refractivity contribution in [2.24, 2.45) is 23.7 Å². The highest BCUT2D eigenvalue weighted by Gasteiger charge is 2.44. The number of likely N-dealkylation sites (tertiary alicyclic amines) is 1. The van der Waals surface area contributed by atoms with Crippen molar-refractivity contribution in [2.45, 2.75) is 200 Å². The van der Waals surface area contributed by atoms with Crippen LogP contribution in [0.5, 0.6) is 0 Å². The smallest absolute Gasteiger partial charge is 0.248 e. The number of rotatable bonds is 13. The van der Waals surface area contributed by atoms with Crippen LogP contribution in [0, 0.1) is 23.7 Å². The summed E-state index contributed by atoms with van der Waals surface area (Å²) in [4.78, 5) is 202. The molecule has 0 bridgehead atoms. The molecule has 2 saturated heterocycles. The van der Waals surface area contributed by atoms with Crippen LogP contribution in [0.4, 0.5) is 0 Å². The highest BCUT2D eigenvalue weighted by Crippen LogP contribution is 2.24. The molecule has 2 aliphatic heterocycles. The third-order valence-corrected chi connectivity index (χ3v) is 19.1. The Morgan fingerprint density at radius 2 is 1.00 bits per heavy atom. The van der Waals surface area contributed by atoms with Gasteiger partial charge in [-0.05, 0) is 87.7 Å². The molecule has 550 valence electrons. The van der Waals surface area contributed by atoms with Crippen LogP contribution in [0.15, 0.2) is 60.7 Å². The summed E-state index contributed by atoms with van der Waals surface area (Å²) >= 11 is 0. The fraction of sp³-hybridized carbons (Fsp3) is 0.653. The zero-order valence-electron chi connectivity index (χ0n) is 61.9. The summed E-state index contributed by atoms with van der Waals surface area (Å²) in [5.41, 5.74) is 1.29. The van der Waals surface area contributed by atoms with Gasteiger partial charge in [0, 0.05) is 82.3 Å². The number of aliphatic hydroxyl groups is 1. The van der Waals surface area contributed by atoms with Crippen molar-refractivity contribution in [1.29, 1.82) is 0 Å². The molecule has 5 N–H and O–H groups in total. The summed E-state index contributed by atoms with van der Waals surface area (Å²) in [6.45, 7) is 17.8. The maximum atomic E-state index is 15.2. The SMILES string of the molecule is CC[C@H](C)C1C(=O)N(C)[C@@H](Cc2ccccc2)C(=O)N[C@H](C(=O)N2CCCCC2)CC(=O)N(C)CC(=O)NC(CC(C)C)C(=O)N(C)[C@@H](Cc2ccccc2)C(=O)N(C)[C@@H](CC(C)C)C(=O)N[C@@H](C)C(=O)N(C)[C@@H](C(C)C)C(=O)N(C)[C@@H](C)C(=O)N[C@@H]([C@@H](C)O)C(=O)N(C)CC(=O)N1C. The van der Waals surface area contributed by atoms with Gasteiger partial charge < -0.3 is 70.5 Å². The lowest BCUT2D eigenvalue weighted by Gasteiger charge is -2.38. The number of carbonyl (C=O) groups excluding carboxylic acids is 13. The number of nitrogens with zero attached hydrogens (tertiary/aromatic N) is 9. The minimum atomic E-state index is -1.66. The van der Waals surface area contributed by atoms with Crippen LogP contribution in [0.1, 0.15) is 132 Å². The van der Waals surface area contributed by atoms with Gasteiger partial charge in [0.1, 0.15) is 60.4 Å². The topological polar surface area (TPSA) is 319 Å². The lowest BCUT2D eigenvalue weighted by atomic mass is 9.94. The zero-order valence-corrected chi connectivity index (χ0v) is 61.9. The lowest BCUT2D eigenvalue weighted by molar-refractivity contribution is -0.152. The molecule has 2 fully saturated rings. The predicted molar refractivity (Wildman–Crippen MR) is 374 cm³/mol. The van der Waals surface area contributed by atoms with Crippen molar-refractivity contribution < 1.29 is 67.4 Å². The molecule has 2 heterocycles. The van der Waals surface area contributed by atoms with Gasteiger partial charge >= 0.3 is 0 Å². The molecular formula is C72H113N13O14. The normalized spacial score (nSPS) is 25.9. The molecule has 0 radical (unpaired) electrons. The molecule has 0 aliphatic carbocycles. The Kier molecular flexibility index (Phi) is 32.0. The van der Waals surface area contributed by atoms with Crippen LogP contribution in [-0.4, -0.2) is 275 Å². The standard InChI is InChI=1S/C72H113N13O14/c1-20-46(8)62-72(99)81(16)55(38-50-30-24-21-25-31-50)65(92)75-53(68(95)85-34-28-23-29-35-85)40-58(88)77(12)41-57(87)74-52(36-43(2)3)67(94)82(17)56(39-51-32-26-22-27-33-51)69(96)80(15)54(37-44(4)5)64(91)73-47(9)66(93)84(19)61(45(6)7)71(98)79(14)48(10)63(90)76-60(49(11)86)70(97)78(13)42-59(89)83(62)18/h21-22,24-27,30-33,43-49,52-56,60-62,86H,20,23,28-29,34-42H2,1-19H3,(H,73,91)(H,74,87)(H,75,92)(H,76,90)/t46-,47-,48-,49+,52?,53-,54-,55-,56-,60-,61-,62?/m0/s1. The molecule has 27 nitrogen and oxygen atoms in total. The van der Waals surface area contributed by atoms with Crippen molar-refractivity contribution in [3.05, 3.63) is 71.8 Å². The number of aliphatic hydroxyl groups excluding tert-OH is 1. The first kappa shape index (κ1) is 82.9. The maximum Gasteiger partial charge on any atom is 0.248 e. The summed E-state index contributed by atoms with van der Waals surface area (Å²) in [5.74, 6) is -10.9. The molecule has 4 rings (SSSR count). The van der Waals surface area contributed by atoms with E-state index in [1.807, 2.05) is 34.6 Å². The molecule has 2 aromatic rings. The zero-order chi connectivity index (χ0) is 74.6. The van der Waals surface area contributed by atoms with Gasteiger partial charge in [0.25, 0.3) is 0 Å². The van der Waals surface area contributed by atoms with E-state index in [0.717, 1.165) is 26.0 Å². The molecule has 2 aliphatic rings. The van der Waals surface area contributed by atoms with Gasteiger partial charge in [-0.3, -0.25) is 62.3 Å². The van der Waals surface area contributed by atoms with Crippen LogP contribution < -0.4 is 21.3 Å². The molecular weight excluding hydrogens is 1270 g/mol. The molecule has 0 aromatic heterocycles. The van der Waals surface area contributed by atoms with Gasteiger partial charge in [0.05, 0.1) is 25.6 Å². The van der Waals surface area contributed by atoms with E-state index in [1.165, 1.54) is 96.8 Å². The van der Waals surface area contributed by atoms with Crippen LogP contribution in [-0.2, 0) is 75.2 Å². The van der Waals surface area contributed by atoms with Crippen molar-refractivity contribution >= 4 is 76.8 Å². The fourth-order valence-corrected chi connectivity index (χ4v) is 12.6. The van der Waals surface area contributed by atoms with E-state index in [9.17, 15) is 48.3 Å². The molecule has 0 spiro atoms. The number of piperidine rings is 1. The number of likely N-dealkylation sites (N-methyl/N-ethyl adjacent to an activating group) is 8. The number of hydrogen-bond donors (Lipinski definition) is 5. The van der Waals surface area contributed by atoms with E-state index >= 15 is 19.2 Å². The average molecular weight is 1380 g/mol.